The Morgan fingerprint density at radius 3 is 2.46 bits per heavy atom. The predicted octanol–water partition coefficient (Wildman–Crippen LogP) is 6.93. The standard InChI is InChI=1S/C25H45NOS/c1-20-13-14-22-12-6-7-16-24(22,2)25(28,18-15-20)17-8-9-19-26-23(27)21-10-4-3-5-11-21/h20-22,28H,3-19H2,1-2H3,(H,26,27)/t20-,22?,24?,25?/m0/s1. The van der Waals surface area contributed by atoms with Gasteiger partial charge in [0.05, 0.1) is 0 Å². The summed E-state index contributed by atoms with van der Waals surface area (Å²) >= 11 is 5.45. The molecule has 0 aromatic carbocycles. The van der Waals surface area contributed by atoms with Crippen LogP contribution in [0.4, 0.5) is 0 Å². The van der Waals surface area contributed by atoms with E-state index < -0.39 is 0 Å². The van der Waals surface area contributed by atoms with Crippen LogP contribution in [0.2, 0.25) is 0 Å². The van der Waals surface area contributed by atoms with Crippen molar-refractivity contribution in [2.45, 2.75) is 121 Å². The van der Waals surface area contributed by atoms with E-state index in [1.54, 1.807) is 0 Å². The highest BCUT2D eigenvalue weighted by atomic mass is 32.1. The molecule has 3 heteroatoms. The first-order chi connectivity index (χ1) is 13.4. The molecule has 3 unspecified atom stereocenters. The summed E-state index contributed by atoms with van der Waals surface area (Å²) in [4.78, 5) is 12.4. The zero-order valence-corrected chi connectivity index (χ0v) is 19.5. The van der Waals surface area contributed by atoms with Crippen molar-refractivity contribution in [3.63, 3.8) is 0 Å². The molecular formula is C25H45NOS. The van der Waals surface area contributed by atoms with Crippen LogP contribution in [-0.4, -0.2) is 17.2 Å². The minimum Gasteiger partial charge on any atom is -0.356 e. The fourth-order valence-corrected chi connectivity index (χ4v) is 7.14. The van der Waals surface area contributed by atoms with Crippen molar-refractivity contribution in [3.8, 4) is 0 Å². The van der Waals surface area contributed by atoms with Crippen LogP contribution < -0.4 is 5.32 Å². The number of unbranched alkanes of at least 4 members (excludes halogenated alkanes) is 1. The van der Waals surface area contributed by atoms with Crippen LogP contribution >= 0.6 is 12.6 Å². The van der Waals surface area contributed by atoms with E-state index >= 15 is 0 Å². The molecule has 3 saturated carbocycles. The molecule has 0 spiro atoms. The van der Waals surface area contributed by atoms with Crippen LogP contribution in [0, 0.1) is 23.2 Å². The van der Waals surface area contributed by atoms with E-state index in [1.807, 2.05) is 0 Å². The van der Waals surface area contributed by atoms with Gasteiger partial charge in [-0.3, -0.25) is 4.79 Å². The maximum Gasteiger partial charge on any atom is 0.223 e. The molecule has 3 aliphatic rings. The van der Waals surface area contributed by atoms with Crippen molar-refractivity contribution in [2.75, 3.05) is 6.54 Å². The molecule has 3 aliphatic carbocycles. The SMILES string of the molecule is C[C@H]1CCC2CCCCC2(C)C(S)(CCCCNC(=O)C2CCCCC2)CC1. The zero-order chi connectivity index (χ0) is 20.0. The Bertz CT molecular complexity index is 503. The first kappa shape index (κ1) is 22.5. The highest BCUT2D eigenvalue weighted by molar-refractivity contribution is 7.81. The number of hydrogen-bond acceptors (Lipinski definition) is 2. The molecule has 1 N–H and O–H groups in total. The molecule has 4 atom stereocenters. The van der Waals surface area contributed by atoms with Crippen molar-refractivity contribution in [1.29, 1.82) is 0 Å². The Kier molecular flexibility index (Phi) is 8.22. The van der Waals surface area contributed by atoms with Crippen molar-refractivity contribution in [1.82, 2.24) is 5.32 Å². The third kappa shape index (κ3) is 5.29. The van der Waals surface area contributed by atoms with Crippen LogP contribution in [0.15, 0.2) is 0 Å². The maximum atomic E-state index is 12.4. The quantitative estimate of drug-likeness (QED) is 0.363. The summed E-state index contributed by atoms with van der Waals surface area (Å²) in [5.74, 6) is 2.33. The van der Waals surface area contributed by atoms with Gasteiger partial charge in [-0.1, -0.05) is 58.8 Å². The number of nitrogens with one attached hydrogen (secondary N) is 1. The fraction of sp³-hybridized carbons (Fsp3) is 0.960. The van der Waals surface area contributed by atoms with Crippen molar-refractivity contribution >= 4 is 18.5 Å². The van der Waals surface area contributed by atoms with Gasteiger partial charge in [-0.25, -0.2) is 0 Å². The number of carbonyl (C=O) groups is 1. The lowest BCUT2D eigenvalue weighted by atomic mass is 9.55. The number of rotatable bonds is 6. The summed E-state index contributed by atoms with van der Waals surface area (Å²) in [6, 6.07) is 0. The largest absolute Gasteiger partial charge is 0.356 e. The summed E-state index contributed by atoms with van der Waals surface area (Å²) in [6.07, 6.45) is 20.6. The maximum absolute atomic E-state index is 12.4. The molecule has 0 bridgehead atoms. The summed E-state index contributed by atoms with van der Waals surface area (Å²) in [5, 5.41) is 3.23. The average Bonchev–Trinajstić information content (AvgIpc) is 2.71. The van der Waals surface area contributed by atoms with Gasteiger partial charge >= 0.3 is 0 Å². The number of amides is 1. The third-order valence-electron chi connectivity index (χ3n) is 8.81. The number of fused-ring (bicyclic) bond motifs is 1. The Morgan fingerprint density at radius 1 is 0.929 bits per heavy atom. The number of thiol groups is 1. The second-order valence-corrected chi connectivity index (χ2v) is 11.6. The molecule has 3 fully saturated rings. The minimum atomic E-state index is 0.181. The van der Waals surface area contributed by atoms with Gasteiger partial charge < -0.3 is 5.32 Å². The molecular weight excluding hydrogens is 362 g/mol. The molecule has 2 nitrogen and oxygen atoms in total. The minimum absolute atomic E-state index is 0.181. The summed E-state index contributed by atoms with van der Waals surface area (Å²) < 4.78 is 0.181. The fourth-order valence-electron chi connectivity index (χ4n) is 6.56. The Morgan fingerprint density at radius 2 is 1.68 bits per heavy atom. The highest BCUT2D eigenvalue weighted by Crippen LogP contribution is 2.58. The van der Waals surface area contributed by atoms with Gasteiger partial charge in [-0.05, 0) is 75.0 Å². The van der Waals surface area contributed by atoms with Gasteiger partial charge in [0, 0.05) is 17.2 Å². The lowest BCUT2D eigenvalue weighted by Gasteiger charge is -2.55. The lowest BCUT2D eigenvalue weighted by Crippen LogP contribution is -2.50. The highest BCUT2D eigenvalue weighted by Gasteiger charge is 2.50. The molecule has 0 aromatic heterocycles. The monoisotopic (exact) mass is 407 g/mol. The number of carbonyl (C=O) groups excluding carboxylic acids is 1. The summed E-state index contributed by atoms with van der Waals surface area (Å²) in [6.45, 7) is 5.88. The van der Waals surface area contributed by atoms with Gasteiger partial charge in [0.15, 0.2) is 0 Å². The Hall–Kier alpha value is -0.180. The van der Waals surface area contributed by atoms with Crippen LogP contribution in [0.5, 0.6) is 0 Å². The van der Waals surface area contributed by atoms with E-state index in [0.29, 0.717) is 17.2 Å². The van der Waals surface area contributed by atoms with Crippen LogP contribution in [0.3, 0.4) is 0 Å². The molecule has 0 radical (unpaired) electrons. The van der Waals surface area contributed by atoms with Crippen molar-refractivity contribution < 1.29 is 4.79 Å². The Balaban J connectivity index is 1.49. The molecule has 0 aromatic rings. The lowest BCUT2D eigenvalue weighted by molar-refractivity contribution is -0.125. The first-order valence-electron chi connectivity index (χ1n) is 12.4. The molecule has 0 saturated heterocycles. The van der Waals surface area contributed by atoms with Crippen LogP contribution in [0.25, 0.3) is 0 Å². The Labute approximate surface area is 179 Å². The summed E-state index contributed by atoms with van der Waals surface area (Å²) in [5.41, 5.74) is 0.403. The zero-order valence-electron chi connectivity index (χ0n) is 18.6. The van der Waals surface area contributed by atoms with Crippen LogP contribution in [-0.2, 0) is 4.79 Å². The van der Waals surface area contributed by atoms with E-state index in [1.165, 1.54) is 83.5 Å². The van der Waals surface area contributed by atoms with Gasteiger partial charge in [-0.2, -0.15) is 12.6 Å². The van der Waals surface area contributed by atoms with Crippen molar-refractivity contribution in [2.24, 2.45) is 23.2 Å². The number of hydrogen-bond donors (Lipinski definition) is 2. The van der Waals surface area contributed by atoms with E-state index in [2.05, 4.69) is 19.2 Å². The molecule has 28 heavy (non-hydrogen) atoms. The summed E-state index contributed by atoms with van der Waals surface area (Å²) in [7, 11) is 0. The van der Waals surface area contributed by atoms with Gasteiger partial charge in [0.2, 0.25) is 5.91 Å². The van der Waals surface area contributed by atoms with E-state index in [0.717, 1.165) is 37.6 Å². The van der Waals surface area contributed by atoms with Gasteiger partial charge in [0.1, 0.15) is 0 Å². The first-order valence-corrected chi connectivity index (χ1v) is 12.9. The van der Waals surface area contributed by atoms with Gasteiger partial charge in [0.25, 0.3) is 0 Å². The predicted molar refractivity (Wildman–Crippen MR) is 123 cm³/mol. The third-order valence-corrected chi connectivity index (χ3v) is 9.77. The van der Waals surface area contributed by atoms with Crippen molar-refractivity contribution in [3.05, 3.63) is 0 Å². The second-order valence-electron chi connectivity index (χ2n) is 10.7. The van der Waals surface area contributed by atoms with Gasteiger partial charge in [-0.15, -0.1) is 0 Å². The molecule has 162 valence electrons. The topological polar surface area (TPSA) is 29.1 Å². The molecule has 1 amide bonds. The average molecular weight is 408 g/mol. The van der Waals surface area contributed by atoms with Crippen LogP contribution in [0.1, 0.15) is 117 Å². The molecule has 3 rings (SSSR count). The molecule has 0 heterocycles. The van der Waals surface area contributed by atoms with E-state index in [-0.39, 0.29) is 4.75 Å². The van der Waals surface area contributed by atoms with E-state index in [9.17, 15) is 4.79 Å². The smallest absolute Gasteiger partial charge is 0.223 e. The molecule has 0 aliphatic heterocycles. The normalized spacial score (nSPS) is 37.5. The van der Waals surface area contributed by atoms with E-state index in [4.69, 9.17) is 12.6 Å². The second kappa shape index (κ2) is 10.2.